The Hall–Kier alpha value is -1.30. The summed E-state index contributed by atoms with van der Waals surface area (Å²) in [7, 11) is 1.55. The van der Waals surface area contributed by atoms with Crippen molar-refractivity contribution in [1.29, 1.82) is 0 Å². The molecule has 1 atom stereocenters. The highest BCUT2D eigenvalue weighted by Crippen LogP contribution is 2.32. The quantitative estimate of drug-likeness (QED) is 0.891. The number of amides is 1. The summed E-state index contributed by atoms with van der Waals surface area (Å²) in [6.45, 7) is 0.802. The zero-order chi connectivity index (χ0) is 13.1. The van der Waals surface area contributed by atoms with E-state index in [1.165, 1.54) is 0 Å². The number of carbonyl (C=O) groups is 1. The molecular weight excluding hydrogens is 256 g/mol. The fourth-order valence-corrected chi connectivity index (χ4v) is 2.04. The minimum atomic E-state index is -0.161. The zero-order valence-electron chi connectivity index (χ0n) is 10.1. The summed E-state index contributed by atoms with van der Waals surface area (Å²) < 4.78 is 10.6. The van der Waals surface area contributed by atoms with Crippen molar-refractivity contribution in [1.82, 2.24) is 0 Å². The Morgan fingerprint density at radius 3 is 3.06 bits per heavy atom. The molecule has 1 unspecified atom stereocenters. The first-order chi connectivity index (χ1) is 8.65. The molecule has 0 aromatic heterocycles. The number of carbonyl (C=O) groups excluding carboxylic acids is 1. The summed E-state index contributed by atoms with van der Waals surface area (Å²) in [4.78, 5) is 13.5. The molecule has 2 N–H and O–H groups in total. The van der Waals surface area contributed by atoms with Gasteiger partial charge >= 0.3 is 0 Å². The Morgan fingerprint density at radius 2 is 2.39 bits per heavy atom. The van der Waals surface area contributed by atoms with Crippen molar-refractivity contribution in [2.45, 2.75) is 6.10 Å². The number of nitrogens with two attached hydrogens (primary N) is 1. The van der Waals surface area contributed by atoms with Gasteiger partial charge < -0.3 is 20.1 Å². The van der Waals surface area contributed by atoms with Gasteiger partial charge in [0.25, 0.3) is 5.91 Å². The van der Waals surface area contributed by atoms with Crippen LogP contribution in [0.3, 0.4) is 0 Å². The van der Waals surface area contributed by atoms with Crippen LogP contribution in [0.15, 0.2) is 18.2 Å². The number of hydrogen-bond acceptors (Lipinski definition) is 4. The predicted molar refractivity (Wildman–Crippen MR) is 69.2 cm³/mol. The maximum absolute atomic E-state index is 11.9. The van der Waals surface area contributed by atoms with E-state index in [0.717, 1.165) is 0 Å². The fourth-order valence-electron chi connectivity index (χ4n) is 1.87. The lowest BCUT2D eigenvalue weighted by Gasteiger charge is -2.33. The molecule has 1 heterocycles. The van der Waals surface area contributed by atoms with E-state index in [-0.39, 0.29) is 18.6 Å². The van der Waals surface area contributed by atoms with E-state index in [1.807, 2.05) is 0 Å². The Kier molecular flexibility index (Phi) is 4.06. The van der Waals surface area contributed by atoms with Crippen LogP contribution in [-0.2, 0) is 9.53 Å². The third-order valence-corrected chi connectivity index (χ3v) is 3.06. The molecule has 1 fully saturated rings. The SMILES string of the molecule is COc1ccc(Cl)cc1N1CC(CN)OCC1=O. The standard InChI is InChI=1S/C12H15ClN2O3/c1-17-11-3-2-8(13)4-10(11)15-6-9(5-14)18-7-12(15)16/h2-4,9H,5-7,14H2,1H3. The molecule has 0 saturated carbocycles. The molecule has 2 rings (SSSR count). The predicted octanol–water partition coefficient (Wildman–Crippen LogP) is 1.04. The van der Waals surface area contributed by atoms with E-state index in [1.54, 1.807) is 30.2 Å². The molecule has 6 heteroatoms. The summed E-state index contributed by atoms with van der Waals surface area (Å²) in [6, 6.07) is 5.16. The fraction of sp³-hybridized carbons (Fsp3) is 0.417. The Balaban J connectivity index is 2.33. The van der Waals surface area contributed by atoms with Crippen molar-refractivity contribution in [3.63, 3.8) is 0 Å². The molecule has 18 heavy (non-hydrogen) atoms. The monoisotopic (exact) mass is 270 g/mol. The highest BCUT2D eigenvalue weighted by atomic mass is 35.5. The average molecular weight is 271 g/mol. The number of morpholine rings is 1. The van der Waals surface area contributed by atoms with Crippen LogP contribution < -0.4 is 15.4 Å². The summed E-state index contributed by atoms with van der Waals surface area (Å²) in [5.74, 6) is 0.477. The topological polar surface area (TPSA) is 64.8 Å². The van der Waals surface area contributed by atoms with Crippen molar-refractivity contribution in [3.05, 3.63) is 23.2 Å². The van der Waals surface area contributed by atoms with Gasteiger partial charge in [-0.25, -0.2) is 0 Å². The van der Waals surface area contributed by atoms with Crippen LogP contribution in [0.4, 0.5) is 5.69 Å². The zero-order valence-corrected chi connectivity index (χ0v) is 10.8. The number of benzene rings is 1. The molecule has 0 radical (unpaired) electrons. The normalized spacial score (nSPS) is 20.1. The summed E-state index contributed by atoms with van der Waals surface area (Å²) in [5, 5.41) is 0.550. The maximum Gasteiger partial charge on any atom is 0.253 e. The molecule has 0 spiro atoms. The summed E-state index contributed by atoms with van der Waals surface area (Å²) >= 11 is 5.96. The van der Waals surface area contributed by atoms with E-state index in [0.29, 0.717) is 29.5 Å². The van der Waals surface area contributed by atoms with Crippen molar-refractivity contribution >= 4 is 23.2 Å². The first-order valence-corrected chi connectivity index (χ1v) is 5.99. The Morgan fingerprint density at radius 1 is 1.61 bits per heavy atom. The van der Waals surface area contributed by atoms with Gasteiger partial charge in [0.1, 0.15) is 12.4 Å². The minimum Gasteiger partial charge on any atom is -0.495 e. The van der Waals surface area contributed by atoms with Gasteiger partial charge in [0.15, 0.2) is 0 Å². The second-order valence-corrected chi connectivity index (χ2v) is 4.43. The third-order valence-electron chi connectivity index (χ3n) is 2.82. The van der Waals surface area contributed by atoms with Crippen molar-refractivity contribution < 1.29 is 14.3 Å². The van der Waals surface area contributed by atoms with Crippen molar-refractivity contribution in [3.8, 4) is 5.75 Å². The molecule has 1 saturated heterocycles. The summed E-state index contributed by atoms with van der Waals surface area (Å²) in [6.07, 6.45) is -0.161. The average Bonchev–Trinajstić information content (AvgIpc) is 2.39. The molecule has 1 amide bonds. The largest absolute Gasteiger partial charge is 0.495 e. The van der Waals surface area contributed by atoms with Gasteiger partial charge in [0.2, 0.25) is 0 Å². The van der Waals surface area contributed by atoms with Gasteiger partial charge in [-0.2, -0.15) is 0 Å². The van der Waals surface area contributed by atoms with E-state index in [2.05, 4.69) is 0 Å². The molecule has 98 valence electrons. The number of methoxy groups -OCH3 is 1. The molecule has 1 aromatic carbocycles. The van der Waals surface area contributed by atoms with E-state index in [9.17, 15) is 4.79 Å². The second-order valence-electron chi connectivity index (χ2n) is 3.99. The molecule has 5 nitrogen and oxygen atoms in total. The lowest BCUT2D eigenvalue weighted by Crippen LogP contribution is -2.49. The van der Waals surface area contributed by atoms with Crippen LogP contribution in [0.1, 0.15) is 0 Å². The Labute approximate surface area is 110 Å². The van der Waals surface area contributed by atoms with Gasteiger partial charge in [-0.1, -0.05) is 11.6 Å². The lowest BCUT2D eigenvalue weighted by atomic mass is 10.2. The van der Waals surface area contributed by atoms with Gasteiger partial charge in [-0.3, -0.25) is 4.79 Å². The molecule has 0 bridgehead atoms. The van der Waals surface area contributed by atoms with E-state index in [4.69, 9.17) is 26.8 Å². The molecule has 0 aliphatic carbocycles. The maximum atomic E-state index is 11.9. The summed E-state index contributed by atoms with van der Waals surface area (Å²) in [5.41, 5.74) is 6.22. The van der Waals surface area contributed by atoms with E-state index < -0.39 is 0 Å². The molecule has 1 aliphatic rings. The van der Waals surface area contributed by atoms with Crippen LogP contribution in [0, 0.1) is 0 Å². The van der Waals surface area contributed by atoms with Crippen LogP contribution in [-0.4, -0.2) is 38.8 Å². The van der Waals surface area contributed by atoms with Gasteiger partial charge in [-0.15, -0.1) is 0 Å². The molecular formula is C12H15ClN2O3. The molecule has 1 aromatic rings. The number of halogens is 1. The first-order valence-electron chi connectivity index (χ1n) is 5.61. The van der Waals surface area contributed by atoms with Crippen LogP contribution in [0.5, 0.6) is 5.75 Å². The van der Waals surface area contributed by atoms with Gasteiger partial charge in [0, 0.05) is 11.6 Å². The van der Waals surface area contributed by atoms with Crippen LogP contribution in [0.25, 0.3) is 0 Å². The highest BCUT2D eigenvalue weighted by Gasteiger charge is 2.28. The van der Waals surface area contributed by atoms with Gasteiger partial charge in [-0.05, 0) is 18.2 Å². The lowest BCUT2D eigenvalue weighted by molar-refractivity contribution is -0.128. The van der Waals surface area contributed by atoms with Crippen molar-refractivity contribution in [2.24, 2.45) is 5.73 Å². The number of rotatable bonds is 3. The van der Waals surface area contributed by atoms with Gasteiger partial charge in [0.05, 0.1) is 25.4 Å². The number of ether oxygens (including phenoxy) is 2. The van der Waals surface area contributed by atoms with Crippen molar-refractivity contribution in [2.75, 3.05) is 31.7 Å². The second kappa shape index (κ2) is 5.56. The number of hydrogen-bond donors (Lipinski definition) is 1. The first kappa shape index (κ1) is 13.1. The van der Waals surface area contributed by atoms with E-state index >= 15 is 0 Å². The Bertz CT molecular complexity index is 453. The smallest absolute Gasteiger partial charge is 0.253 e. The number of anilines is 1. The van der Waals surface area contributed by atoms with Crippen LogP contribution >= 0.6 is 11.6 Å². The van der Waals surface area contributed by atoms with Crippen LogP contribution in [0.2, 0.25) is 5.02 Å². The minimum absolute atomic E-state index is 0.0253. The highest BCUT2D eigenvalue weighted by molar-refractivity contribution is 6.31. The number of nitrogens with zero attached hydrogens (tertiary/aromatic N) is 1. The third kappa shape index (κ3) is 2.58. The molecule has 1 aliphatic heterocycles.